The van der Waals surface area contributed by atoms with Crippen molar-refractivity contribution in [2.75, 3.05) is 5.75 Å². The molecule has 1 rings (SSSR count). The number of rotatable bonds is 4. The van der Waals surface area contributed by atoms with Crippen molar-refractivity contribution in [2.24, 2.45) is 0 Å². The van der Waals surface area contributed by atoms with Gasteiger partial charge in [-0.15, -0.1) is 0 Å². The quantitative estimate of drug-likeness (QED) is 0.669. The van der Waals surface area contributed by atoms with Gasteiger partial charge in [-0.3, -0.25) is 0 Å². The Labute approximate surface area is 94.4 Å². The smallest absolute Gasteiger partial charge is 0.106 e. The van der Waals surface area contributed by atoms with Crippen LogP contribution in [-0.4, -0.2) is 22.1 Å². The number of aliphatic hydroxyl groups excluding tert-OH is 2. The van der Waals surface area contributed by atoms with Gasteiger partial charge in [0.15, 0.2) is 0 Å². The van der Waals surface area contributed by atoms with E-state index in [4.69, 9.17) is 5.26 Å². The van der Waals surface area contributed by atoms with Crippen molar-refractivity contribution in [1.29, 1.82) is 5.26 Å². The fourth-order valence-corrected chi connectivity index (χ4v) is 1.58. The van der Waals surface area contributed by atoms with Gasteiger partial charge in [-0.25, -0.2) is 0 Å². The van der Waals surface area contributed by atoms with Crippen LogP contribution in [0.2, 0.25) is 0 Å². The number of hydrogen-bond acceptors (Lipinski definition) is 4. The second-order valence-corrected chi connectivity index (χ2v) is 3.59. The van der Waals surface area contributed by atoms with Crippen LogP contribution in [0.15, 0.2) is 24.3 Å². The van der Waals surface area contributed by atoms with Gasteiger partial charge in [0.1, 0.15) is 6.10 Å². The van der Waals surface area contributed by atoms with Crippen LogP contribution in [0.3, 0.4) is 0 Å². The Morgan fingerprint density at radius 1 is 1.33 bits per heavy atom. The lowest BCUT2D eigenvalue weighted by Crippen LogP contribution is -2.20. The Kier molecular flexibility index (Phi) is 4.63. The number of hydrogen-bond donors (Lipinski definition) is 3. The third-order valence-corrected chi connectivity index (χ3v) is 2.57. The van der Waals surface area contributed by atoms with Crippen molar-refractivity contribution in [3.05, 3.63) is 35.4 Å². The summed E-state index contributed by atoms with van der Waals surface area (Å²) >= 11 is 3.92. The van der Waals surface area contributed by atoms with Gasteiger partial charge in [0.05, 0.1) is 18.6 Å². The van der Waals surface area contributed by atoms with Crippen LogP contribution in [0.1, 0.15) is 17.2 Å². The Hall–Kier alpha value is -1.02. The summed E-state index contributed by atoms with van der Waals surface area (Å²) in [5.74, 6) is 0.183. The fraction of sp³-hybridized carbons (Fsp3) is 0.364. The van der Waals surface area contributed by atoms with E-state index in [9.17, 15) is 10.2 Å². The number of thiol groups is 1. The lowest BCUT2D eigenvalue weighted by atomic mass is 9.98. The summed E-state index contributed by atoms with van der Waals surface area (Å²) in [4.78, 5) is 0. The van der Waals surface area contributed by atoms with E-state index in [2.05, 4.69) is 12.6 Å². The third kappa shape index (κ3) is 2.96. The molecule has 0 fully saturated rings. The molecule has 0 radical (unpaired) electrons. The first-order valence-electron chi connectivity index (χ1n) is 4.62. The molecule has 1 aromatic rings. The average Bonchev–Trinajstić information content (AvgIpc) is 2.28. The Balaban J connectivity index is 2.97. The van der Waals surface area contributed by atoms with Crippen LogP contribution < -0.4 is 0 Å². The normalized spacial score (nSPS) is 14.3. The molecule has 0 saturated heterocycles. The van der Waals surface area contributed by atoms with Gasteiger partial charge >= 0.3 is 0 Å². The average molecular weight is 223 g/mol. The highest BCUT2D eigenvalue weighted by molar-refractivity contribution is 7.80. The molecule has 2 unspecified atom stereocenters. The molecule has 0 aromatic heterocycles. The van der Waals surface area contributed by atoms with Crippen LogP contribution >= 0.6 is 12.6 Å². The Morgan fingerprint density at radius 2 is 2.00 bits per heavy atom. The zero-order valence-electron chi connectivity index (χ0n) is 8.17. The highest BCUT2D eigenvalue weighted by Crippen LogP contribution is 2.21. The van der Waals surface area contributed by atoms with Crippen molar-refractivity contribution in [3.8, 4) is 6.07 Å². The van der Waals surface area contributed by atoms with Gasteiger partial charge in [0, 0.05) is 5.75 Å². The predicted octanol–water partition coefficient (Wildman–Crippen LogP) is 1.08. The van der Waals surface area contributed by atoms with E-state index in [0.29, 0.717) is 5.56 Å². The van der Waals surface area contributed by atoms with Gasteiger partial charge < -0.3 is 10.2 Å². The van der Waals surface area contributed by atoms with E-state index >= 15 is 0 Å². The second kappa shape index (κ2) is 5.76. The summed E-state index contributed by atoms with van der Waals surface area (Å²) in [5.41, 5.74) is 1.34. The zero-order valence-corrected chi connectivity index (χ0v) is 9.06. The number of nitriles is 1. The Bertz CT molecular complexity index is 362. The molecule has 2 atom stereocenters. The van der Waals surface area contributed by atoms with Crippen LogP contribution in [0.4, 0.5) is 0 Å². The lowest BCUT2D eigenvalue weighted by molar-refractivity contribution is 0.0333. The molecule has 0 aliphatic heterocycles. The topological polar surface area (TPSA) is 64.2 Å². The molecule has 0 bridgehead atoms. The van der Waals surface area contributed by atoms with E-state index in [1.807, 2.05) is 6.07 Å². The number of aliphatic hydroxyl groups is 2. The summed E-state index contributed by atoms with van der Waals surface area (Å²) in [6.07, 6.45) is -1.66. The predicted molar refractivity (Wildman–Crippen MR) is 60.6 cm³/mol. The Morgan fingerprint density at radius 3 is 2.60 bits per heavy atom. The molecule has 0 saturated carbocycles. The fourth-order valence-electron chi connectivity index (χ4n) is 1.38. The maximum absolute atomic E-state index is 9.79. The summed E-state index contributed by atoms with van der Waals surface area (Å²) in [6, 6.07) is 9.08. The van der Waals surface area contributed by atoms with Crippen LogP contribution in [0.5, 0.6) is 0 Å². The maximum atomic E-state index is 9.79. The van der Waals surface area contributed by atoms with Crippen molar-refractivity contribution in [3.63, 3.8) is 0 Å². The molecule has 0 aliphatic carbocycles. The number of benzene rings is 1. The van der Waals surface area contributed by atoms with Gasteiger partial charge in [0.25, 0.3) is 0 Å². The highest BCUT2D eigenvalue weighted by atomic mass is 32.1. The molecule has 0 aliphatic rings. The minimum absolute atomic E-state index is 0.183. The van der Waals surface area contributed by atoms with Gasteiger partial charge in [-0.05, 0) is 11.1 Å². The first-order chi connectivity index (χ1) is 7.20. The highest BCUT2D eigenvalue weighted by Gasteiger charge is 2.19. The summed E-state index contributed by atoms with van der Waals surface area (Å²) in [6.45, 7) is 0. The SMILES string of the molecule is N#CCc1ccccc1C(O)C(O)CS. The number of nitrogens with zero attached hydrogens (tertiary/aromatic N) is 1. The minimum atomic E-state index is -0.980. The molecule has 0 heterocycles. The van der Waals surface area contributed by atoms with Crippen molar-refractivity contribution in [1.82, 2.24) is 0 Å². The van der Waals surface area contributed by atoms with E-state index < -0.39 is 12.2 Å². The van der Waals surface area contributed by atoms with Crippen LogP contribution in [-0.2, 0) is 6.42 Å². The molecule has 80 valence electrons. The largest absolute Gasteiger partial charge is 0.389 e. The van der Waals surface area contributed by atoms with Crippen molar-refractivity contribution in [2.45, 2.75) is 18.6 Å². The molecule has 3 nitrogen and oxygen atoms in total. The van der Waals surface area contributed by atoms with Crippen molar-refractivity contribution >= 4 is 12.6 Å². The maximum Gasteiger partial charge on any atom is 0.106 e. The first-order valence-corrected chi connectivity index (χ1v) is 5.25. The summed E-state index contributed by atoms with van der Waals surface area (Å²) in [7, 11) is 0. The standard InChI is InChI=1S/C11H13NO2S/c12-6-5-8-3-1-2-4-9(8)11(14)10(13)7-15/h1-4,10-11,13-15H,5,7H2. The molecule has 15 heavy (non-hydrogen) atoms. The molecule has 2 N–H and O–H groups in total. The minimum Gasteiger partial charge on any atom is -0.389 e. The van der Waals surface area contributed by atoms with Gasteiger partial charge in [0.2, 0.25) is 0 Å². The zero-order chi connectivity index (χ0) is 11.3. The van der Waals surface area contributed by atoms with E-state index in [-0.39, 0.29) is 12.2 Å². The van der Waals surface area contributed by atoms with E-state index in [1.54, 1.807) is 24.3 Å². The molecule has 0 amide bonds. The molecular formula is C11H13NO2S. The lowest BCUT2D eigenvalue weighted by Gasteiger charge is -2.18. The molecule has 0 spiro atoms. The van der Waals surface area contributed by atoms with Gasteiger partial charge in [-0.1, -0.05) is 24.3 Å². The van der Waals surface area contributed by atoms with E-state index in [1.165, 1.54) is 0 Å². The summed E-state index contributed by atoms with van der Waals surface area (Å²) < 4.78 is 0. The third-order valence-electron chi connectivity index (χ3n) is 2.19. The second-order valence-electron chi connectivity index (χ2n) is 3.23. The molecule has 4 heteroatoms. The van der Waals surface area contributed by atoms with Crippen LogP contribution in [0.25, 0.3) is 0 Å². The monoisotopic (exact) mass is 223 g/mol. The van der Waals surface area contributed by atoms with Gasteiger partial charge in [-0.2, -0.15) is 17.9 Å². The van der Waals surface area contributed by atoms with E-state index in [0.717, 1.165) is 5.56 Å². The van der Waals surface area contributed by atoms with Crippen molar-refractivity contribution < 1.29 is 10.2 Å². The molecule has 1 aromatic carbocycles. The summed E-state index contributed by atoms with van der Waals surface area (Å²) in [5, 5.41) is 27.9. The first kappa shape index (κ1) is 12.1. The molecular weight excluding hydrogens is 210 g/mol. The van der Waals surface area contributed by atoms with Crippen LogP contribution in [0, 0.1) is 11.3 Å².